The molecular weight excluding hydrogens is 711 g/mol. The third-order valence-corrected chi connectivity index (χ3v) is 9.90. The first-order valence-electron chi connectivity index (χ1n) is 17.6. The maximum absolute atomic E-state index is 14.4. The molecule has 0 saturated carbocycles. The van der Waals surface area contributed by atoms with Crippen molar-refractivity contribution in [3.8, 4) is 39.9 Å². The highest BCUT2D eigenvalue weighted by atomic mass is 35.5. The number of benzene rings is 2. The van der Waals surface area contributed by atoms with Crippen molar-refractivity contribution < 1.29 is 37.3 Å². The number of halogens is 4. The Morgan fingerprint density at radius 2 is 1.81 bits per heavy atom. The van der Waals surface area contributed by atoms with Crippen molar-refractivity contribution >= 4 is 17.5 Å². The third kappa shape index (κ3) is 8.86. The lowest BCUT2D eigenvalue weighted by atomic mass is 9.84. The van der Waals surface area contributed by atoms with Crippen LogP contribution in [0.4, 0.5) is 13.2 Å². The molecule has 1 aliphatic carbocycles. The number of aliphatic hydroxyl groups excluding tert-OH is 1. The molecule has 2 aromatic carbocycles. The molecule has 1 aliphatic heterocycles. The van der Waals surface area contributed by atoms with Crippen molar-refractivity contribution in [1.29, 1.82) is 0 Å². The van der Waals surface area contributed by atoms with E-state index in [1.807, 2.05) is 42.5 Å². The van der Waals surface area contributed by atoms with Crippen LogP contribution >= 0.6 is 11.6 Å². The molecule has 3 heterocycles. The van der Waals surface area contributed by atoms with E-state index in [-0.39, 0.29) is 36.5 Å². The van der Waals surface area contributed by atoms with E-state index in [2.05, 4.69) is 25.9 Å². The number of hydrogen-bond donors (Lipinski definition) is 4. The second-order valence-corrected chi connectivity index (χ2v) is 13.7. The largest absolute Gasteiger partial charge is 0.496 e. The molecule has 0 radical (unpaired) electrons. The molecule has 0 unspecified atom stereocenters. The summed E-state index contributed by atoms with van der Waals surface area (Å²) in [6, 6.07) is 14.4. The van der Waals surface area contributed by atoms with E-state index in [0.29, 0.717) is 55.2 Å². The fourth-order valence-corrected chi connectivity index (χ4v) is 7.27. The van der Waals surface area contributed by atoms with E-state index >= 15 is 0 Å². The molecule has 0 bridgehead atoms. The Morgan fingerprint density at radius 1 is 1.00 bits per heavy atom. The van der Waals surface area contributed by atoms with Crippen LogP contribution in [0.5, 0.6) is 17.5 Å². The van der Waals surface area contributed by atoms with Crippen molar-refractivity contribution in [3.63, 3.8) is 0 Å². The first-order chi connectivity index (χ1) is 25.5. The monoisotopic (exact) mass is 753 g/mol. The number of rotatable bonds is 14. The summed E-state index contributed by atoms with van der Waals surface area (Å²) in [6.07, 6.45) is -1.23. The Balaban J connectivity index is 1.27. The predicted octanol–water partition coefficient (Wildman–Crippen LogP) is 6.80. The van der Waals surface area contributed by atoms with Gasteiger partial charge in [0.15, 0.2) is 0 Å². The van der Waals surface area contributed by atoms with Gasteiger partial charge in [-0.3, -0.25) is 9.78 Å². The van der Waals surface area contributed by atoms with Gasteiger partial charge in [-0.05, 0) is 67.5 Å². The number of alkyl halides is 3. The molecule has 0 spiro atoms. The van der Waals surface area contributed by atoms with Crippen LogP contribution in [-0.4, -0.2) is 60.4 Å². The Kier molecular flexibility index (Phi) is 12.1. The average molecular weight is 754 g/mol. The number of pyridine rings is 2. The van der Waals surface area contributed by atoms with Gasteiger partial charge in [-0.1, -0.05) is 41.9 Å². The van der Waals surface area contributed by atoms with Crippen molar-refractivity contribution in [2.24, 2.45) is 0 Å². The van der Waals surface area contributed by atoms with Crippen LogP contribution in [-0.2, 0) is 30.5 Å². The minimum Gasteiger partial charge on any atom is -0.496 e. The summed E-state index contributed by atoms with van der Waals surface area (Å²) >= 11 is 7.11. The van der Waals surface area contributed by atoms with Crippen LogP contribution in [0.2, 0.25) is 5.02 Å². The standard InChI is InChI=1S/C39H43ClF3N5O5/c1-22(49)18-44-20-25-16-31(39(41,42)43)38(48-37(25)52-3)53-32-9-5-7-27-28(6-4-8-29(27)32)30-14-15-46-36(35(30)40)23-10-11-24(33(17-23)51-2)19-45-21-26-12-13-34(50)47-26/h4,6,8,10-11,14-17,22,26,32,44-45,49H,5,7,9,12-13,18-21H2,1-3H3,(H,47,50)/t22-,26-,32+/m0/s1. The summed E-state index contributed by atoms with van der Waals surface area (Å²) in [6.45, 7) is 2.99. The first kappa shape index (κ1) is 38.3. The molecule has 53 heavy (non-hydrogen) atoms. The molecule has 6 rings (SSSR count). The molecule has 10 nitrogen and oxygen atoms in total. The van der Waals surface area contributed by atoms with Crippen molar-refractivity contribution in [2.45, 2.75) is 76.5 Å². The number of methoxy groups -OCH3 is 2. The van der Waals surface area contributed by atoms with Crippen LogP contribution in [0.1, 0.15) is 66.5 Å². The smallest absolute Gasteiger partial charge is 0.421 e. The van der Waals surface area contributed by atoms with Crippen LogP contribution in [0.3, 0.4) is 0 Å². The summed E-state index contributed by atoms with van der Waals surface area (Å²) in [7, 11) is 2.95. The van der Waals surface area contributed by atoms with Gasteiger partial charge in [0.2, 0.25) is 17.7 Å². The van der Waals surface area contributed by atoms with Crippen LogP contribution < -0.4 is 30.2 Å². The Morgan fingerprint density at radius 3 is 2.53 bits per heavy atom. The summed E-state index contributed by atoms with van der Waals surface area (Å²) in [5, 5.41) is 19.3. The zero-order valence-corrected chi connectivity index (χ0v) is 30.5. The van der Waals surface area contributed by atoms with E-state index in [9.17, 15) is 23.1 Å². The van der Waals surface area contributed by atoms with Gasteiger partial charge in [-0.15, -0.1) is 0 Å². The summed E-state index contributed by atoms with van der Waals surface area (Å²) in [5.41, 5.74) is 4.73. The van der Waals surface area contributed by atoms with E-state index in [1.54, 1.807) is 20.2 Å². The maximum atomic E-state index is 14.4. The number of aliphatic hydroxyl groups is 1. The topological polar surface area (TPSA) is 127 Å². The number of aromatic nitrogens is 2. The highest BCUT2D eigenvalue weighted by Crippen LogP contribution is 2.45. The lowest BCUT2D eigenvalue weighted by Gasteiger charge is -2.29. The Labute approximate surface area is 311 Å². The van der Waals surface area contributed by atoms with Gasteiger partial charge in [-0.25, -0.2) is 0 Å². The lowest BCUT2D eigenvalue weighted by molar-refractivity contribution is -0.139. The number of carbonyl (C=O) groups is 1. The molecule has 1 fully saturated rings. The fourth-order valence-electron chi connectivity index (χ4n) is 6.95. The molecule has 1 saturated heterocycles. The number of carbonyl (C=O) groups excluding carboxylic acids is 1. The zero-order chi connectivity index (χ0) is 37.7. The second kappa shape index (κ2) is 16.7. The molecule has 4 N–H and O–H groups in total. The number of fused-ring (bicyclic) bond motifs is 1. The molecule has 2 aromatic heterocycles. The van der Waals surface area contributed by atoms with Gasteiger partial charge in [0, 0.05) is 67.1 Å². The average Bonchev–Trinajstić information content (AvgIpc) is 3.56. The quantitative estimate of drug-likeness (QED) is 0.110. The molecule has 282 valence electrons. The van der Waals surface area contributed by atoms with Crippen LogP contribution in [0.25, 0.3) is 22.4 Å². The number of hydrogen-bond acceptors (Lipinski definition) is 9. The number of ether oxygens (including phenoxy) is 3. The van der Waals surface area contributed by atoms with Crippen LogP contribution in [0.15, 0.2) is 54.7 Å². The minimum absolute atomic E-state index is 0.00645. The molecule has 2 aliphatic rings. The SMILES string of the molecule is COc1cc(-c2nccc(-c3cccc4c3CCC[C@H]4Oc3nc(OC)c(CNC[C@H](C)O)cc3C(F)(F)F)c2Cl)ccc1CNC[C@@H]1CCC(=O)N1. The lowest BCUT2D eigenvalue weighted by Crippen LogP contribution is -2.35. The Bertz CT molecular complexity index is 1940. The van der Waals surface area contributed by atoms with E-state index in [0.717, 1.165) is 45.9 Å². The van der Waals surface area contributed by atoms with Gasteiger partial charge < -0.3 is 35.3 Å². The van der Waals surface area contributed by atoms with Gasteiger partial charge >= 0.3 is 6.18 Å². The van der Waals surface area contributed by atoms with Gasteiger partial charge in [0.25, 0.3) is 0 Å². The van der Waals surface area contributed by atoms with Gasteiger partial charge in [-0.2, -0.15) is 18.2 Å². The number of amides is 1. The summed E-state index contributed by atoms with van der Waals surface area (Å²) < 4.78 is 60.4. The minimum atomic E-state index is -4.74. The third-order valence-electron chi connectivity index (χ3n) is 9.52. The maximum Gasteiger partial charge on any atom is 0.421 e. The van der Waals surface area contributed by atoms with E-state index in [4.69, 9.17) is 25.8 Å². The van der Waals surface area contributed by atoms with Crippen molar-refractivity contribution in [1.82, 2.24) is 25.9 Å². The van der Waals surface area contributed by atoms with Gasteiger partial charge in [0.05, 0.1) is 31.0 Å². The zero-order valence-electron chi connectivity index (χ0n) is 29.8. The molecule has 1 amide bonds. The van der Waals surface area contributed by atoms with E-state index < -0.39 is 29.8 Å². The van der Waals surface area contributed by atoms with Crippen LogP contribution in [0, 0.1) is 0 Å². The number of nitrogens with zero attached hydrogens (tertiary/aromatic N) is 2. The van der Waals surface area contributed by atoms with E-state index in [1.165, 1.54) is 7.11 Å². The van der Waals surface area contributed by atoms with Crippen molar-refractivity contribution in [2.75, 3.05) is 27.3 Å². The molecular formula is C39H43ClF3N5O5. The molecule has 4 aromatic rings. The molecule has 14 heteroatoms. The Hall–Kier alpha value is -4.43. The summed E-state index contributed by atoms with van der Waals surface area (Å²) in [4.78, 5) is 20.3. The van der Waals surface area contributed by atoms with Crippen molar-refractivity contribution in [3.05, 3.63) is 87.6 Å². The number of nitrogens with one attached hydrogen (secondary N) is 3. The highest BCUT2D eigenvalue weighted by Gasteiger charge is 2.38. The summed E-state index contributed by atoms with van der Waals surface area (Å²) in [5.74, 6) is 0.192. The molecule has 3 atom stereocenters. The second-order valence-electron chi connectivity index (χ2n) is 13.3. The highest BCUT2D eigenvalue weighted by molar-refractivity contribution is 6.35. The normalized spacial score (nSPS) is 17.6. The fraction of sp³-hybridized carbons (Fsp3) is 0.410. The predicted molar refractivity (Wildman–Crippen MR) is 195 cm³/mol. The first-order valence-corrected chi connectivity index (χ1v) is 18.0. The van der Waals surface area contributed by atoms with Gasteiger partial charge in [0.1, 0.15) is 17.4 Å².